The van der Waals surface area contributed by atoms with Crippen molar-refractivity contribution in [2.45, 2.75) is 289 Å². The van der Waals surface area contributed by atoms with E-state index in [4.69, 9.17) is 38.4 Å². The van der Waals surface area contributed by atoms with E-state index in [9.17, 15) is 72.2 Å². The van der Waals surface area contributed by atoms with Crippen LogP contribution in [0.2, 0.25) is 10.0 Å². The van der Waals surface area contributed by atoms with E-state index >= 15 is 0 Å². The van der Waals surface area contributed by atoms with Gasteiger partial charge in [0.2, 0.25) is 65.0 Å². The number of likely N-dealkylation sites (N-methyl/N-ethyl adjacent to an activating group) is 4. The zero-order chi connectivity index (χ0) is 94.3. The largest absolute Gasteiger partial charge is 0.480 e. The van der Waals surface area contributed by atoms with Crippen LogP contribution in [0.4, 0.5) is 0 Å². The van der Waals surface area contributed by atoms with Gasteiger partial charge in [-0.25, -0.2) is 9.59 Å². The van der Waals surface area contributed by atoms with Crippen molar-refractivity contribution in [3.63, 3.8) is 0 Å². The first-order valence-corrected chi connectivity index (χ1v) is 43.4. The molecular formula is C92H144Cl2N12O17. The number of carboxylic acids is 1. The first-order valence-electron chi connectivity index (χ1n) is 42.7. The van der Waals surface area contributed by atoms with Crippen LogP contribution in [0, 0.1) is 47.3 Å². The molecule has 31 heteroatoms. The number of amides is 11. The van der Waals surface area contributed by atoms with Crippen molar-refractivity contribution in [2.75, 3.05) is 41.3 Å². The Kier molecular flexibility index (Phi) is 45.5. The van der Waals surface area contributed by atoms with Gasteiger partial charge in [0.1, 0.15) is 71.6 Å². The summed E-state index contributed by atoms with van der Waals surface area (Å²) in [5, 5.41) is 29.8. The Morgan fingerprint density at radius 1 is 0.756 bits per heavy atom. The minimum absolute atomic E-state index is 0.0111. The number of carboxylic acid groups (broad SMARTS) is 1. The molecule has 10 N–H and O–H groups in total. The molecule has 1 aliphatic heterocycles. The summed E-state index contributed by atoms with van der Waals surface area (Å²) in [6, 6.07) is 4.83. The van der Waals surface area contributed by atoms with Crippen LogP contribution < -0.4 is 43.0 Å². The summed E-state index contributed by atoms with van der Waals surface area (Å²) in [6.45, 7) is 41.9. The lowest BCUT2D eigenvalue weighted by Crippen LogP contribution is -2.60. The van der Waals surface area contributed by atoms with E-state index in [1.165, 1.54) is 70.6 Å². The lowest BCUT2D eigenvalue weighted by Gasteiger charge is -2.34. The zero-order valence-electron chi connectivity index (χ0n) is 78.0. The number of nitrogens with two attached hydrogens (primary N) is 1. The molecule has 0 aliphatic carbocycles. The predicted octanol–water partition coefficient (Wildman–Crippen LogP) is 10.2. The van der Waals surface area contributed by atoms with Crippen molar-refractivity contribution in [2.24, 2.45) is 53.1 Å². The van der Waals surface area contributed by atoms with Crippen LogP contribution in [-0.2, 0) is 89.4 Å². The summed E-state index contributed by atoms with van der Waals surface area (Å²) in [7, 11) is 5.69. The van der Waals surface area contributed by atoms with Crippen molar-refractivity contribution in [1.82, 2.24) is 56.8 Å². The maximum atomic E-state index is 14.2. The molecule has 29 nitrogen and oxygen atoms in total. The van der Waals surface area contributed by atoms with E-state index in [2.05, 4.69) is 37.2 Å². The quantitative estimate of drug-likeness (QED) is 0.0192. The molecule has 1 heterocycles. The van der Waals surface area contributed by atoms with Gasteiger partial charge in [-0.2, -0.15) is 0 Å². The van der Waals surface area contributed by atoms with E-state index in [1.54, 1.807) is 109 Å². The summed E-state index contributed by atoms with van der Waals surface area (Å²) < 4.78 is 12.0. The Bertz CT molecular complexity index is 4080. The topological polar surface area (TPSA) is 401 Å². The van der Waals surface area contributed by atoms with Gasteiger partial charge in [0, 0.05) is 62.2 Å². The first kappa shape index (κ1) is 110. The molecule has 0 spiro atoms. The number of nitrogens with one attached hydrogen (secondary N) is 7. The summed E-state index contributed by atoms with van der Waals surface area (Å²) in [5.74, 6) is -9.84. The van der Waals surface area contributed by atoms with Crippen LogP contribution >= 0.6 is 23.2 Å². The van der Waals surface area contributed by atoms with Gasteiger partial charge >= 0.3 is 17.9 Å². The molecule has 2 aromatic carbocycles. The maximum Gasteiger partial charge on any atom is 0.331 e. The highest BCUT2D eigenvalue weighted by molar-refractivity contribution is 6.30. The van der Waals surface area contributed by atoms with Gasteiger partial charge in [-0.05, 0) is 203 Å². The fraction of sp³-hybridized carbons (Fsp3) is 0.630. The fourth-order valence-corrected chi connectivity index (χ4v) is 13.7. The van der Waals surface area contributed by atoms with Crippen molar-refractivity contribution in [1.29, 1.82) is 0 Å². The summed E-state index contributed by atoms with van der Waals surface area (Å²) in [6.07, 6.45) is 8.76. The van der Waals surface area contributed by atoms with E-state index in [1.807, 2.05) is 102 Å². The molecule has 0 saturated carbocycles. The van der Waals surface area contributed by atoms with Gasteiger partial charge in [-0.15, -0.1) is 0 Å². The van der Waals surface area contributed by atoms with Crippen molar-refractivity contribution < 1.29 is 81.7 Å². The summed E-state index contributed by atoms with van der Waals surface area (Å²) in [4.78, 5) is 194. The number of hydrogen-bond acceptors (Lipinski definition) is 17. The molecular weight excluding hydrogens is 1620 g/mol. The number of benzene rings is 2. The number of nitrogens with zero attached hydrogens (tertiary/aromatic N) is 4. The van der Waals surface area contributed by atoms with Gasteiger partial charge in [-0.1, -0.05) is 168 Å². The molecule has 1 aliphatic rings. The molecule has 0 aromatic heterocycles. The standard InChI is InChI=1S/C46H73ClN6O9.C46H71ClN6O8/c1-15-27(5)38(44(59)60)51-37(54)25-52(13)43(58)36(24-33-19-21-34(47)22-20-33)53(14)42(57)32(10)49-41(56)35(23-26(3)4)50-40(55)30(8)18-17-29(7)31(9)39(28(6)16-2)62-45(61)46(11,12)48;1-15-27(5)38-42(57)51-46(11,12)45(60)61-39(28(6)16-2)31(9)29(7)17-18-30(8)40(55)49-35(23-26(3)4)41(56)48-32(10)43(58)53(14)36(24-33-19-21-34(47)22-20-33)44(59)52(13)25-37(54)50-38/h16,18-22,26-27,29,31-32,35-36,38-39H,15,17,23-25,48H2,1-14H3,(H,49,56)(H,50,55)(H,51,54)(H,59,60);16,18-22,26-27,29,31-32,35-36,38-39H,15,17,23-25H2,1-14H3,(H,48,56)(H,49,55)(H,50,54)(H,51,57)/b2*28-16+,30-18+/t2*27-,29-,31-,32-,35+,36+,38?,39+/m00/s1. The fourth-order valence-electron chi connectivity index (χ4n) is 13.5. The molecule has 16 atom stereocenters. The number of esters is 2. The third-order valence-electron chi connectivity index (χ3n) is 22.9. The summed E-state index contributed by atoms with van der Waals surface area (Å²) in [5.41, 5.74) is 7.14. The monoisotopic (exact) mass is 1760 g/mol. The first-order chi connectivity index (χ1) is 57.0. The molecule has 688 valence electrons. The Morgan fingerprint density at radius 3 is 1.84 bits per heavy atom. The number of ether oxygens (including phenoxy) is 2. The van der Waals surface area contributed by atoms with E-state index in [0.717, 1.165) is 16.0 Å². The van der Waals surface area contributed by atoms with E-state index in [0.29, 0.717) is 64.4 Å². The Labute approximate surface area is 740 Å². The van der Waals surface area contributed by atoms with Crippen molar-refractivity contribution >= 4 is 106 Å². The Hall–Kier alpha value is -9.48. The van der Waals surface area contributed by atoms with Crippen molar-refractivity contribution in [3.8, 4) is 0 Å². The molecule has 2 aromatic rings. The molecule has 2 unspecified atom stereocenters. The number of allylic oxidation sites excluding steroid dienone is 4. The second-order valence-electron chi connectivity index (χ2n) is 35.4. The number of carbonyl (C=O) groups is 14. The zero-order valence-corrected chi connectivity index (χ0v) is 79.5. The number of halogens is 2. The molecule has 0 fully saturated rings. The SMILES string of the molecule is C/C=C(\C)[C@@H](OC(=O)C(C)(C)N)[C@@H](C)[C@@H](C)C/C=C(\C)C(=O)N[C@H](CC(C)C)C(=O)N[C@@H](C)C(=O)N(C)[C@H](Cc1ccc(Cl)cc1)C(=O)N(C)CC(=O)NC(C(=O)O)[C@@H](C)CC.C/C=C(\C)[C@H]1OC(=O)C(C)(C)NC(=O)C([C@@H](C)CC)NC(=O)CN(C)C(=O)[C@@H](Cc2ccc(Cl)cc2)N(C)C(=O)[C@H](C)NC(=O)[C@@H](CC(C)C)NC(=O)/C(C)=C/C[C@H](C)[C@@H]1C. The Morgan fingerprint density at radius 2 is 1.33 bits per heavy atom. The van der Waals surface area contributed by atoms with Crippen LogP contribution in [0.1, 0.15) is 216 Å². The number of rotatable bonds is 31. The smallest absolute Gasteiger partial charge is 0.331 e. The van der Waals surface area contributed by atoms with Crippen LogP contribution in [-0.4, -0.2) is 220 Å². The maximum absolute atomic E-state index is 14.2. The second-order valence-corrected chi connectivity index (χ2v) is 36.3. The van der Waals surface area contributed by atoms with Gasteiger partial charge < -0.3 is 77.1 Å². The molecule has 3 rings (SSSR count). The number of hydrogen-bond donors (Lipinski definition) is 9. The van der Waals surface area contributed by atoms with Gasteiger partial charge in [-0.3, -0.25) is 57.5 Å². The third-order valence-corrected chi connectivity index (χ3v) is 23.4. The average molecular weight is 1760 g/mol. The van der Waals surface area contributed by atoms with Crippen LogP contribution in [0.5, 0.6) is 0 Å². The average Bonchev–Trinajstić information content (AvgIpc) is 0.811. The lowest BCUT2D eigenvalue weighted by molar-refractivity contribution is -0.159. The van der Waals surface area contributed by atoms with Gasteiger partial charge in [0.15, 0.2) is 0 Å². The Balaban J connectivity index is 0.000000833. The highest BCUT2D eigenvalue weighted by Gasteiger charge is 2.42. The molecule has 0 saturated heterocycles. The molecule has 0 radical (unpaired) electrons. The number of aliphatic carboxylic acids is 1. The minimum Gasteiger partial charge on any atom is -0.480 e. The van der Waals surface area contributed by atoms with Crippen molar-refractivity contribution in [3.05, 3.63) is 116 Å². The molecule has 11 amide bonds. The number of cyclic esters (lactones) is 1. The second kappa shape index (κ2) is 51.1. The normalized spacial score (nSPS) is 22.0. The predicted molar refractivity (Wildman–Crippen MR) is 480 cm³/mol. The van der Waals surface area contributed by atoms with Crippen LogP contribution in [0.15, 0.2) is 95.1 Å². The molecule has 0 bridgehead atoms. The highest BCUT2D eigenvalue weighted by Crippen LogP contribution is 2.31. The number of carbonyl (C=O) groups excluding carboxylic acids is 13. The van der Waals surface area contributed by atoms with Gasteiger partial charge in [0.05, 0.1) is 13.1 Å². The third kappa shape index (κ3) is 35.2. The lowest BCUT2D eigenvalue weighted by atomic mass is 9.84. The highest BCUT2D eigenvalue weighted by atomic mass is 35.5. The molecule has 123 heavy (non-hydrogen) atoms. The van der Waals surface area contributed by atoms with Gasteiger partial charge in [0.25, 0.3) is 0 Å². The summed E-state index contributed by atoms with van der Waals surface area (Å²) >= 11 is 12.2. The minimum atomic E-state index is -1.50. The van der Waals surface area contributed by atoms with E-state index in [-0.39, 0.29) is 66.6 Å². The van der Waals surface area contributed by atoms with Crippen LogP contribution in [0.25, 0.3) is 0 Å². The van der Waals surface area contributed by atoms with Crippen LogP contribution in [0.3, 0.4) is 0 Å². The van der Waals surface area contributed by atoms with E-state index < -0.39 is 168 Å².